The molecule has 1 atom stereocenters. The number of hydrogen-bond donors (Lipinski definition) is 1. The highest BCUT2D eigenvalue weighted by atomic mass is 79.9. The third kappa shape index (κ3) is 2.54. The van der Waals surface area contributed by atoms with Gasteiger partial charge in [0.1, 0.15) is 23.1 Å². The number of methoxy groups -OCH3 is 1. The summed E-state index contributed by atoms with van der Waals surface area (Å²) >= 11 is 9.71. The Bertz CT molecular complexity index is 1000. The van der Waals surface area contributed by atoms with E-state index in [2.05, 4.69) is 22.0 Å². The molecule has 2 N–H and O–H groups in total. The summed E-state index contributed by atoms with van der Waals surface area (Å²) in [5.41, 5.74) is 7.69. The van der Waals surface area contributed by atoms with Gasteiger partial charge in [-0.05, 0) is 34.1 Å². The first-order valence-corrected chi connectivity index (χ1v) is 8.74. The first kappa shape index (κ1) is 16.9. The third-order valence-electron chi connectivity index (χ3n) is 4.26. The molecule has 8 heteroatoms. The van der Waals surface area contributed by atoms with E-state index in [-0.39, 0.29) is 18.2 Å². The Morgan fingerprint density at radius 1 is 1.19 bits per heavy atom. The number of nitrogens with zero attached hydrogens (tertiary/aromatic N) is 1. The first-order valence-electron chi connectivity index (χ1n) is 7.57. The predicted octanol–water partition coefficient (Wildman–Crippen LogP) is 4.06. The van der Waals surface area contributed by atoms with Gasteiger partial charge in [-0.25, -0.2) is 0 Å². The van der Waals surface area contributed by atoms with Crippen molar-refractivity contribution in [2.45, 2.75) is 5.92 Å². The maximum absolute atomic E-state index is 9.71. The number of allylic oxidation sites excluding steroid dienone is 1. The van der Waals surface area contributed by atoms with E-state index in [4.69, 9.17) is 36.3 Å². The highest BCUT2D eigenvalue weighted by Gasteiger charge is 2.35. The fraction of sp³-hybridized carbons (Fsp3) is 0.167. The molecule has 0 fully saturated rings. The molecule has 2 aromatic carbocycles. The molecule has 1 unspecified atom stereocenters. The molecule has 0 bridgehead atoms. The molecule has 0 saturated heterocycles. The zero-order chi connectivity index (χ0) is 18.4. The normalized spacial score (nSPS) is 17.4. The van der Waals surface area contributed by atoms with Gasteiger partial charge in [-0.15, -0.1) is 0 Å². The van der Waals surface area contributed by atoms with E-state index in [0.29, 0.717) is 43.6 Å². The minimum atomic E-state index is -0.525. The molecule has 0 amide bonds. The van der Waals surface area contributed by atoms with E-state index >= 15 is 0 Å². The van der Waals surface area contributed by atoms with Crippen LogP contribution >= 0.6 is 27.5 Å². The summed E-state index contributed by atoms with van der Waals surface area (Å²) < 4.78 is 22.8. The van der Waals surface area contributed by atoms with Crippen molar-refractivity contribution in [2.24, 2.45) is 5.73 Å². The lowest BCUT2D eigenvalue weighted by Gasteiger charge is -2.28. The Morgan fingerprint density at radius 2 is 1.92 bits per heavy atom. The van der Waals surface area contributed by atoms with Gasteiger partial charge in [-0.2, -0.15) is 5.26 Å². The van der Waals surface area contributed by atoms with Crippen molar-refractivity contribution in [2.75, 3.05) is 13.9 Å². The molecule has 132 valence electrons. The monoisotopic (exact) mass is 434 g/mol. The molecule has 0 aromatic heterocycles. The van der Waals surface area contributed by atoms with Crippen LogP contribution in [-0.2, 0) is 0 Å². The molecule has 2 aliphatic heterocycles. The van der Waals surface area contributed by atoms with E-state index in [0.717, 1.165) is 0 Å². The Labute approximate surface area is 162 Å². The number of ether oxygens (including phenoxy) is 4. The maximum atomic E-state index is 9.71. The SMILES string of the molecule is COc1c(Br)cc(Cl)cc1C1C(C#N)=C(N)Oc2cc3c(cc21)OCO3. The molecule has 2 aliphatic rings. The van der Waals surface area contributed by atoms with Crippen molar-refractivity contribution in [3.8, 4) is 29.1 Å². The van der Waals surface area contributed by atoms with Crippen LogP contribution in [0.5, 0.6) is 23.0 Å². The van der Waals surface area contributed by atoms with Gasteiger partial charge in [0, 0.05) is 22.2 Å². The van der Waals surface area contributed by atoms with E-state index in [1.54, 1.807) is 31.4 Å². The fourth-order valence-electron chi connectivity index (χ4n) is 3.18. The molecule has 2 aromatic rings. The van der Waals surface area contributed by atoms with Crippen molar-refractivity contribution in [3.05, 3.63) is 56.3 Å². The molecule has 0 aliphatic carbocycles. The zero-order valence-electron chi connectivity index (χ0n) is 13.5. The molecule has 6 nitrogen and oxygen atoms in total. The smallest absolute Gasteiger partial charge is 0.231 e. The van der Waals surface area contributed by atoms with Crippen molar-refractivity contribution in [3.63, 3.8) is 0 Å². The van der Waals surface area contributed by atoms with E-state index in [1.165, 1.54) is 0 Å². The van der Waals surface area contributed by atoms with Gasteiger partial charge in [-0.3, -0.25) is 0 Å². The minimum absolute atomic E-state index is 0.0296. The third-order valence-corrected chi connectivity index (χ3v) is 5.07. The van der Waals surface area contributed by atoms with Crippen LogP contribution in [0.4, 0.5) is 0 Å². The van der Waals surface area contributed by atoms with Gasteiger partial charge < -0.3 is 24.7 Å². The highest BCUT2D eigenvalue weighted by molar-refractivity contribution is 9.10. The topological polar surface area (TPSA) is 86.7 Å². The van der Waals surface area contributed by atoms with Crippen LogP contribution in [0.25, 0.3) is 0 Å². The molecule has 0 saturated carbocycles. The van der Waals surface area contributed by atoms with E-state index in [9.17, 15) is 5.26 Å². The van der Waals surface area contributed by atoms with Crippen molar-refractivity contribution < 1.29 is 18.9 Å². The van der Waals surface area contributed by atoms with Crippen LogP contribution in [-0.4, -0.2) is 13.9 Å². The molecular weight excluding hydrogens is 424 g/mol. The average Bonchev–Trinajstić information content (AvgIpc) is 3.05. The fourth-order valence-corrected chi connectivity index (χ4v) is 4.17. The number of benzene rings is 2. The van der Waals surface area contributed by atoms with Gasteiger partial charge in [0.05, 0.1) is 17.5 Å². The highest BCUT2D eigenvalue weighted by Crippen LogP contribution is 2.50. The van der Waals surface area contributed by atoms with Crippen molar-refractivity contribution in [1.82, 2.24) is 0 Å². The zero-order valence-corrected chi connectivity index (χ0v) is 15.8. The summed E-state index contributed by atoms with van der Waals surface area (Å²) in [5.74, 6) is 1.70. The first-order chi connectivity index (χ1) is 12.5. The van der Waals surface area contributed by atoms with Gasteiger partial charge in [0.25, 0.3) is 0 Å². The number of fused-ring (bicyclic) bond motifs is 2. The van der Waals surface area contributed by atoms with E-state index < -0.39 is 5.92 Å². The van der Waals surface area contributed by atoms with Crippen LogP contribution in [0.2, 0.25) is 5.02 Å². The van der Waals surface area contributed by atoms with Crippen LogP contribution in [0.3, 0.4) is 0 Å². The molecule has 0 spiro atoms. The lowest BCUT2D eigenvalue weighted by atomic mass is 9.83. The van der Waals surface area contributed by atoms with E-state index in [1.807, 2.05) is 0 Å². The molecular formula is C18H12BrClN2O4. The quantitative estimate of drug-likeness (QED) is 0.765. The Morgan fingerprint density at radius 3 is 2.62 bits per heavy atom. The summed E-state index contributed by atoms with van der Waals surface area (Å²) in [4.78, 5) is 0. The summed E-state index contributed by atoms with van der Waals surface area (Å²) in [6, 6.07) is 9.12. The number of halogens is 2. The van der Waals surface area contributed by atoms with Gasteiger partial charge in [-0.1, -0.05) is 11.6 Å². The second kappa shape index (κ2) is 6.31. The lowest BCUT2D eigenvalue weighted by molar-refractivity contribution is 0.174. The van der Waals surface area contributed by atoms with Gasteiger partial charge in [0.15, 0.2) is 11.5 Å². The Balaban J connectivity index is 2.00. The summed E-state index contributed by atoms with van der Waals surface area (Å²) in [6.45, 7) is 0.128. The molecule has 26 heavy (non-hydrogen) atoms. The summed E-state index contributed by atoms with van der Waals surface area (Å²) in [6.07, 6.45) is 0. The molecule has 2 heterocycles. The predicted molar refractivity (Wildman–Crippen MR) is 97.6 cm³/mol. The Hall–Kier alpha value is -2.56. The standard InChI is InChI=1S/C18H12BrClN2O4/c1-23-17-10(2-8(20)3-12(17)19)16-9-4-14-15(25-7-24-14)5-13(9)26-18(22)11(16)6-21/h2-5,16H,7,22H2,1H3. The van der Waals surface area contributed by atoms with Crippen LogP contribution in [0.1, 0.15) is 17.0 Å². The Kier molecular flexibility index (Phi) is 4.10. The van der Waals surface area contributed by atoms with Gasteiger partial charge >= 0.3 is 0 Å². The second-order valence-corrected chi connectivity index (χ2v) is 6.97. The van der Waals surface area contributed by atoms with Crippen molar-refractivity contribution in [1.29, 1.82) is 5.26 Å². The molecule has 0 radical (unpaired) electrons. The summed E-state index contributed by atoms with van der Waals surface area (Å²) in [5, 5.41) is 10.2. The number of nitriles is 1. The minimum Gasteiger partial charge on any atom is -0.495 e. The van der Waals surface area contributed by atoms with Crippen LogP contribution < -0.4 is 24.7 Å². The second-order valence-electron chi connectivity index (χ2n) is 5.68. The lowest BCUT2D eigenvalue weighted by Crippen LogP contribution is -2.21. The van der Waals surface area contributed by atoms with Crippen LogP contribution in [0, 0.1) is 11.3 Å². The number of rotatable bonds is 2. The molecule has 4 rings (SSSR count). The number of hydrogen-bond acceptors (Lipinski definition) is 6. The van der Waals surface area contributed by atoms with Crippen molar-refractivity contribution >= 4 is 27.5 Å². The summed E-state index contributed by atoms with van der Waals surface area (Å²) in [7, 11) is 1.55. The largest absolute Gasteiger partial charge is 0.495 e. The number of nitrogens with two attached hydrogens (primary N) is 1. The average molecular weight is 436 g/mol. The van der Waals surface area contributed by atoms with Gasteiger partial charge in [0.2, 0.25) is 12.7 Å². The van der Waals surface area contributed by atoms with Crippen LogP contribution in [0.15, 0.2) is 40.2 Å². The maximum Gasteiger partial charge on any atom is 0.231 e.